The first-order chi connectivity index (χ1) is 9.16. The van der Waals surface area contributed by atoms with Crippen molar-refractivity contribution in [2.75, 3.05) is 7.11 Å². The molecule has 1 aliphatic carbocycles. The number of aliphatic carboxylic acids is 1. The van der Waals surface area contributed by atoms with Crippen molar-refractivity contribution >= 4 is 5.97 Å². The summed E-state index contributed by atoms with van der Waals surface area (Å²) in [7, 11) is 1.57. The number of nitrogens with zero attached hydrogens (tertiary/aromatic N) is 1. The van der Waals surface area contributed by atoms with Gasteiger partial charge in [-0.05, 0) is 18.9 Å². The average Bonchev–Trinajstić information content (AvgIpc) is 2.65. The minimum Gasteiger partial charge on any atom is -0.481 e. The second-order valence-corrected chi connectivity index (χ2v) is 5.35. The molecule has 0 amide bonds. The maximum Gasteiger partial charge on any atom is 0.310 e. The Balaban J connectivity index is 2.21. The molecule has 1 N–H and O–H groups in total. The molecule has 1 aromatic heterocycles. The molecule has 1 aromatic rings. The molecule has 0 saturated heterocycles. The van der Waals surface area contributed by atoms with Crippen LogP contribution in [-0.4, -0.2) is 23.2 Å². The number of ether oxygens (including phenoxy) is 1. The predicted octanol–water partition coefficient (Wildman–Crippen LogP) is 3.06. The number of rotatable bonds is 4. The smallest absolute Gasteiger partial charge is 0.310 e. The van der Waals surface area contributed by atoms with E-state index in [2.05, 4.69) is 4.98 Å². The Kier molecular flexibility index (Phi) is 4.40. The lowest BCUT2D eigenvalue weighted by Crippen LogP contribution is -2.33. The SMILES string of the molecule is COc1cccc(CC2(C(=O)O)CCCCCC2)n1. The minimum atomic E-state index is -0.681. The molecular formula is C15H21NO3. The van der Waals surface area contributed by atoms with Gasteiger partial charge in [0.25, 0.3) is 0 Å². The zero-order valence-electron chi connectivity index (χ0n) is 11.4. The number of carboxylic acids is 1. The summed E-state index contributed by atoms with van der Waals surface area (Å²) < 4.78 is 5.10. The first-order valence-electron chi connectivity index (χ1n) is 6.90. The van der Waals surface area contributed by atoms with Crippen molar-refractivity contribution in [2.24, 2.45) is 5.41 Å². The van der Waals surface area contributed by atoms with E-state index in [-0.39, 0.29) is 0 Å². The molecule has 0 aliphatic heterocycles. The van der Waals surface area contributed by atoms with Gasteiger partial charge in [0.05, 0.1) is 12.5 Å². The lowest BCUT2D eigenvalue weighted by atomic mass is 9.76. The van der Waals surface area contributed by atoms with E-state index in [9.17, 15) is 9.90 Å². The second kappa shape index (κ2) is 6.04. The first kappa shape index (κ1) is 13.8. The van der Waals surface area contributed by atoms with E-state index in [1.54, 1.807) is 13.2 Å². The predicted molar refractivity (Wildman–Crippen MR) is 72.3 cm³/mol. The van der Waals surface area contributed by atoms with Gasteiger partial charge in [-0.3, -0.25) is 4.79 Å². The lowest BCUT2D eigenvalue weighted by Gasteiger charge is -2.27. The molecule has 0 aromatic carbocycles. The summed E-state index contributed by atoms with van der Waals surface area (Å²) in [6.45, 7) is 0. The summed E-state index contributed by atoms with van der Waals surface area (Å²) in [5.41, 5.74) is 0.166. The molecule has 0 unspecified atom stereocenters. The second-order valence-electron chi connectivity index (χ2n) is 5.35. The Morgan fingerprint density at radius 3 is 2.58 bits per heavy atom. The van der Waals surface area contributed by atoms with E-state index in [1.165, 1.54) is 0 Å². The molecular weight excluding hydrogens is 242 g/mol. The van der Waals surface area contributed by atoms with Gasteiger partial charge in [-0.1, -0.05) is 31.7 Å². The van der Waals surface area contributed by atoms with Gasteiger partial charge in [0.15, 0.2) is 0 Å². The quantitative estimate of drug-likeness (QED) is 0.848. The molecule has 1 aliphatic rings. The molecule has 4 nitrogen and oxygen atoms in total. The fourth-order valence-electron chi connectivity index (χ4n) is 2.89. The molecule has 0 spiro atoms. The van der Waals surface area contributed by atoms with E-state index in [1.807, 2.05) is 12.1 Å². The van der Waals surface area contributed by atoms with Crippen LogP contribution in [0.25, 0.3) is 0 Å². The van der Waals surface area contributed by atoms with Gasteiger partial charge in [-0.25, -0.2) is 4.98 Å². The fraction of sp³-hybridized carbons (Fsp3) is 0.600. The van der Waals surface area contributed by atoms with Crippen LogP contribution >= 0.6 is 0 Å². The summed E-state index contributed by atoms with van der Waals surface area (Å²) >= 11 is 0. The number of methoxy groups -OCH3 is 1. The van der Waals surface area contributed by atoms with Gasteiger partial charge in [-0.2, -0.15) is 0 Å². The topological polar surface area (TPSA) is 59.4 Å². The van der Waals surface area contributed by atoms with E-state index >= 15 is 0 Å². The summed E-state index contributed by atoms with van der Waals surface area (Å²) in [4.78, 5) is 16.1. The zero-order chi connectivity index (χ0) is 13.7. The molecule has 19 heavy (non-hydrogen) atoms. The monoisotopic (exact) mass is 263 g/mol. The Morgan fingerprint density at radius 2 is 2.00 bits per heavy atom. The van der Waals surface area contributed by atoms with E-state index in [0.717, 1.165) is 44.2 Å². The van der Waals surface area contributed by atoms with Crippen LogP contribution in [0.2, 0.25) is 0 Å². The van der Waals surface area contributed by atoms with E-state index in [4.69, 9.17) is 4.74 Å². The van der Waals surface area contributed by atoms with Gasteiger partial charge in [0.1, 0.15) is 0 Å². The summed E-state index contributed by atoms with van der Waals surface area (Å²) in [5, 5.41) is 9.64. The Labute approximate surface area is 113 Å². The van der Waals surface area contributed by atoms with Crippen molar-refractivity contribution in [3.63, 3.8) is 0 Å². The normalized spacial score (nSPS) is 18.6. The molecule has 1 fully saturated rings. The van der Waals surface area contributed by atoms with Crippen molar-refractivity contribution in [3.8, 4) is 5.88 Å². The maximum atomic E-state index is 11.7. The fourth-order valence-corrected chi connectivity index (χ4v) is 2.89. The van der Waals surface area contributed by atoms with Gasteiger partial charge >= 0.3 is 5.97 Å². The van der Waals surface area contributed by atoms with Crippen molar-refractivity contribution in [3.05, 3.63) is 23.9 Å². The van der Waals surface area contributed by atoms with Crippen LogP contribution in [0, 0.1) is 5.41 Å². The zero-order valence-corrected chi connectivity index (χ0v) is 11.4. The molecule has 2 rings (SSSR count). The van der Waals surface area contributed by atoms with Crippen LogP contribution in [0.15, 0.2) is 18.2 Å². The number of carbonyl (C=O) groups is 1. The Bertz CT molecular complexity index is 437. The summed E-state index contributed by atoms with van der Waals surface area (Å²) in [6, 6.07) is 5.54. The Hall–Kier alpha value is -1.58. The highest BCUT2D eigenvalue weighted by molar-refractivity contribution is 5.75. The summed E-state index contributed by atoms with van der Waals surface area (Å²) in [5.74, 6) is -0.134. The van der Waals surface area contributed by atoms with Crippen LogP contribution in [0.4, 0.5) is 0 Å². The largest absolute Gasteiger partial charge is 0.481 e. The highest BCUT2D eigenvalue weighted by Crippen LogP contribution is 2.38. The van der Waals surface area contributed by atoms with Gasteiger partial charge in [-0.15, -0.1) is 0 Å². The van der Waals surface area contributed by atoms with Crippen molar-refractivity contribution in [2.45, 2.75) is 44.9 Å². The van der Waals surface area contributed by atoms with Crippen LogP contribution in [0.1, 0.15) is 44.2 Å². The third-order valence-electron chi connectivity index (χ3n) is 4.02. The number of hydrogen-bond donors (Lipinski definition) is 1. The maximum absolute atomic E-state index is 11.7. The van der Waals surface area contributed by atoms with Gasteiger partial charge < -0.3 is 9.84 Å². The highest BCUT2D eigenvalue weighted by atomic mass is 16.5. The molecule has 1 heterocycles. The minimum absolute atomic E-state index is 0.500. The number of pyridine rings is 1. The number of hydrogen-bond acceptors (Lipinski definition) is 3. The standard InChI is InChI=1S/C15H21NO3/c1-19-13-8-6-7-12(16-13)11-15(14(17)18)9-4-2-3-5-10-15/h6-8H,2-5,9-11H2,1H3,(H,17,18). The molecule has 0 bridgehead atoms. The van der Waals surface area contributed by atoms with E-state index < -0.39 is 11.4 Å². The molecule has 104 valence electrons. The Morgan fingerprint density at radius 1 is 1.32 bits per heavy atom. The van der Waals surface area contributed by atoms with Gasteiger partial charge in [0, 0.05) is 18.2 Å². The lowest BCUT2D eigenvalue weighted by molar-refractivity contribution is -0.149. The first-order valence-corrected chi connectivity index (χ1v) is 6.90. The van der Waals surface area contributed by atoms with Crippen LogP contribution in [-0.2, 0) is 11.2 Å². The van der Waals surface area contributed by atoms with Gasteiger partial charge in [0.2, 0.25) is 5.88 Å². The third-order valence-corrected chi connectivity index (χ3v) is 4.02. The highest BCUT2D eigenvalue weighted by Gasteiger charge is 2.39. The third kappa shape index (κ3) is 3.25. The van der Waals surface area contributed by atoms with Crippen LogP contribution in [0.3, 0.4) is 0 Å². The van der Waals surface area contributed by atoms with Crippen LogP contribution in [0.5, 0.6) is 5.88 Å². The summed E-state index contributed by atoms with van der Waals surface area (Å²) in [6.07, 6.45) is 6.27. The van der Waals surface area contributed by atoms with Crippen molar-refractivity contribution in [1.29, 1.82) is 0 Å². The molecule has 4 heteroatoms. The van der Waals surface area contributed by atoms with Crippen LogP contribution < -0.4 is 4.74 Å². The van der Waals surface area contributed by atoms with E-state index in [0.29, 0.717) is 12.3 Å². The average molecular weight is 263 g/mol. The van der Waals surface area contributed by atoms with Crippen molar-refractivity contribution in [1.82, 2.24) is 4.98 Å². The molecule has 0 radical (unpaired) electrons. The molecule has 0 atom stereocenters. The number of carboxylic acid groups (broad SMARTS) is 1. The van der Waals surface area contributed by atoms with Crippen molar-refractivity contribution < 1.29 is 14.6 Å². The molecule has 1 saturated carbocycles. The number of aromatic nitrogens is 1.